The molecule has 7 nitrogen and oxygen atoms in total. The molecule has 2 heterocycles. The van der Waals surface area contributed by atoms with E-state index in [2.05, 4.69) is 4.98 Å². The molecule has 0 unspecified atom stereocenters. The fourth-order valence-corrected chi connectivity index (χ4v) is 5.85. The molecule has 1 saturated heterocycles. The SMILES string of the molecule is CCCCN(C(=O)c1ccccc1Cl)c1ncc(-c2ccc(OCCN3CCC(C(=O)O)CC3)cc2C(F)(F)F)s1. The first-order valence-electron chi connectivity index (χ1n) is 13.4. The largest absolute Gasteiger partial charge is 0.492 e. The average molecular weight is 610 g/mol. The molecular formula is C29H31ClF3N3O4S. The number of likely N-dealkylation sites (tertiary alicyclic amines) is 1. The topological polar surface area (TPSA) is 83.0 Å². The quantitative estimate of drug-likeness (QED) is 0.250. The van der Waals surface area contributed by atoms with Crippen molar-refractivity contribution in [1.82, 2.24) is 9.88 Å². The Hall–Kier alpha value is -3.15. The molecule has 1 amide bonds. The standard InChI is InChI=1S/C29H31ClF3N3O4S/c1-2-3-12-36(26(37)22-6-4-5-7-24(22)30)28-34-18-25(41-28)21-9-8-20(17-23(21)29(31,32)33)40-16-15-35-13-10-19(11-14-35)27(38)39/h4-9,17-19H,2-3,10-16H2,1H3,(H,38,39). The molecule has 41 heavy (non-hydrogen) atoms. The molecule has 1 aliphatic rings. The summed E-state index contributed by atoms with van der Waals surface area (Å²) in [5.41, 5.74) is -0.610. The van der Waals surface area contributed by atoms with Crippen molar-refractivity contribution in [3.63, 3.8) is 0 Å². The van der Waals surface area contributed by atoms with E-state index in [0.29, 0.717) is 56.1 Å². The molecule has 1 aromatic heterocycles. The molecule has 12 heteroatoms. The smallest absolute Gasteiger partial charge is 0.417 e. The van der Waals surface area contributed by atoms with Crippen LogP contribution in [0, 0.1) is 5.92 Å². The number of carbonyl (C=O) groups excluding carboxylic acids is 1. The van der Waals surface area contributed by atoms with E-state index >= 15 is 0 Å². The maximum Gasteiger partial charge on any atom is 0.417 e. The van der Waals surface area contributed by atoms with Crippen LogP contribution in [0.25, 0.3) is 10.4 Å². The lowest BCUT2D eigenvalue weighted by Gasteiger charge is -2.29. The highest BCUT2D eigenvalue weighted by atomic mass is 35.5. The summed E-state index contributed by atoms with van der Waals surface area (Å²) >= 11 is 7.25. The fraction of sp³-hybridized carbons (Fsp3) is 0.414. The Balaban J connectivity index is 1.51. The molecule has 2 aromatic carbocycles. The van der Waals surface area contributed by atoms with Gasteiger partial charge in [-0.25, -0.2) is 4.98 Å². The maximum absolute atomic E-state index is 14.1. The van der Waals surface area contributed by atoms with E-state index in [4.69, 9.17) is 21.4 Å². The van der Waals surface area contributed by atoms with Gasteiger partial charge in [-0.1, -0.05) is 48.4 Å². The maximum atomic E-state index is 14.1. The first-order valence-corrected chi connectivity index (χ1v) is 14.6. The van der Waals surface area contributed by atoms with Gasteiger partial charge < -0.3 is 9.84 Å². The van der Waals surface area contributed by atoms with E-state index < -0.39 is 17.7 Å². The van der Waals surface area contributed by atoms with Crippen LogP contribution in [-0.4, -0.2) is 59.7 Å². The Morgan fingerprint density at radius 1 is 1.20 bits per heavy atom. The molecule has 3 aromatic rings. The lowest BCUT2D eigenvalue weighted by atomic mass is 9.97. The van der Waals surface area contributed by atoms with Crippen molar-refractivity contribution in [1.29, 1.82) is 0 Å². The molecule has 0 aliphatic carbocycles. The van der Waals surface area contributed by atoms with Crippen LogP contribution < -0.4 is 9.64 Å². The number of unbranched alkanes of at least 4 members (excludes halogenated alkanes) is 1. The third-order valence-corrected chi connectivity index (χ3v) is 8.37. The number of nitrogens with zero attached hydrogens (tertiary/aromatic N) is 3. The molecule has 0 radical (unpaired) electrons. The van der Waals surface area contributed by atoms with Crippen LogP contribution in [0.2, 0.25) is 5.02 Å². The number of amides is 1. The highest BCUT2D eigenvalue weighted by Gasteiger charge is 2.35. The van der Waals surface area contributed by atoms with Crippen LogP contribution in [0.4, 0.5) is 18.3 Å². The summed E-state index contributed by atoms with van der Waals surface area (Å²) in [6.07, 6.45) is -0.719. The van der Waals surface area contributed by atoms with Crippen molar-refractivity contribution in [3.8, 4) is 16.2 Å². The predicted molar refractivity (Wildman–Crippen MR) is 153 cm³/mol. The van der Waals surface area contributed by atoms with Crippen LogP contribution in [0.5, 0.6) is 5.75 Å². The normalized spacial score (nSPS) is 14.7. The Bertz CT molecular complexity index is 1360. The third kappa shape index (κ3) is 7.78. The number of carbonyl (C=O) groups is 2. The molecule has 1 aliphatic heterocycles. The minimum atomic E-state index is -4.65. The average Bonchev–Trinajstić information content (AvgIpc) is 3.43. The van der Waals surface area contributed by atoms with Gasteiger partial charge in [-0.2, -0.15) is 13.2 Å². The molecule has 1 fully saturated rings. The molecule has 0 bridgehead atoms. The van der Waals surface area contributed by atoms with Gasteiger partial charge in [0.15, 0.2) is 5.13 Å². The predicted octanol–water partition coefficient (Wildman–Crippen LogP) is 7.10. The molecule has 0 saturated carbocycles. The number of hydrogen-bond donors (Lipinski definition) is 1. The fourth-order valence-electron chi connectivity index (χ4n) is 4.65. The summed E-state index contributed by atoms with van der Waals surface area (Å²) in [6, 6.07) is 10.5. The number of alkyl halides is 3. The van der Waals surface area contributed by atoms with E-state index in [1.165, 1.54) is 23.2 Å². The first-order chi connectivity index (χ1) is 19.6. The van der Waals surface area contributed by atoms with Crippen LogP contribution >= 0.6 is 22.9 Å². The minimum Gasteiger partial charge on any atom is -0.492 e. The number of piperidine rings is 1. The van der Waals surface area contributed by atoms with Crippen LogP contribution in [0.3, 0.4) is 0 Å². The van der Waals surface area contributed by atoms with Gasteiger partial charge >= 0.3 is 12.1 Å². The second-order valence-corrected chi connectivity index (χ2v) is 11.2. The van der Waals surface area contributed by atoms with Crippen molar-refractivity contribution in [2.75, 3.05) is 37.7 Å². The van der Waals surface area contributed by atoms with Crippen molar-refractivity contribution in [2.45, 2.75) is 38.8 Å². The summed E-state index contributed by atoms with van der Waals surface area (Å²) in [4.78, 5) is 32.6. The lowest BCUT2D eigenvalue weighted by molar-refractivity contribution is -0.143. The van der Waals surface area contributed by atoms with Crippen LogP contribution in [-0.2, 0) is 11.0 Å². The summed E-state index contributed by atoms with van der Waals surface area (Å²) in [5.74, 6) is -1.43. The second kappa shape index (κ2) is 13.7. The van der Waals surface area contributed by atoms with Gasteiger partial charge in [0.25, 0.3) is 5.91 Å². The summed E-state index contributed by atoms with van der Waals surface area (Å²) < 4.78 is 48.1. The Morgan fingerprint density at radius 3 is 2.59 bits per heavy atom. The molecule has 0 spiro atoms. The zero-order valence-corrected chi connectivity index (χ0v) is 24.1. The number of benzene rings is 2. The molecule has 4 rings (SSSR count). The van der Waals surface area contributed by atoms with Gasteiger partial charge in [0.1, 0.15) is 12.4 Å². The first kappa shape index (κ1) is 30.8. The van der Waals surface area contributed by atoms with E-state index in [-0.39, 0.29) is 39.6 Å². The summed E-state index contributed by atoms with van der Waals surface area (Å²) in [7, 11) is 0. The lowest BCUT2D eigenvalue weighted by Crippen LogP contribution is -2.38. The van der Waals surface area contributed by atoms with E-state index in [1.807, 2.05) is 11.8 Å². The molecule has 220 valence electrons. The van der Waals surface area contributed by atoms with E-state index in [0.717, 1.165) is 23.8 Å². The minimum absolute atomic E-state index is 0.0509. The summed E-state index contributed by atoms with van der Waals surface area (Å²) in [5, 5.41) is 9.71. The Kier molecular flexibility index (Phi) is 10.3. The highest BCUT2D eigenvalue weighted by molar-refractivity contribution is 7.19. The van der Waals surface area contributed by atoms with Gasteiger partial charge in [-0.05, 0) is 62.7 Å². The van der Waals surface area contributed by atoms with Crippen LogP contribution in [0.15, 0.2) is 48.7 Å². The Morgan fingerprint density at radius 2 is 1.93 bits per heavy atom. The van der Waals surface area contributed by atoms with E-state index in [1.54, 1.807) is 24.3 Å². The number of carboxylic acid groups (broad SMARTS) is 1. The molecular weight excluding hydrogens is 579 g/mol. The summed E-state index contributed by atoms with van der Waals surface area (Å²) in [6.45, 7) is 4.20. The number of aromatic nitrogens is 1. The van der Waals surface area contributed by atoms with Gasteiger partial charge in [0.2, 0.25) is 0 Å². The zero-order valence-electron chi connectivity index (χ0n) is 22.5. The number of ether oxygens (including phenoxy) is 1. The van der Waals surface area contributed by atoms with Gasteiger partial charge in [-0.3, -0.25) is 19.4 Å². The van der Waals surface area contributed by atoms with E-state index in [9.17, 15) is 22.8 Å². The monoisotopic (exact) mass is 609 g/mol. The number of halogens is 4. The van der Waals surface area contributed by atoms with Crippen molar-refractivity contribution >= 4 is 39.9 Å². The van der Waals surface area contributed by atoms with Gasteiger partial charge in [-0.15, -0.1) is 0 Å². The second-order valence-electron chi connectivity index (χ2n) is 9.81. The van der Waals surface area contributed by atoms with Crippen molar-refractivity contribution < 1.29 is 32.6 Å². The Labute approximate surface area is 245 Å². The van der Waals surface area contributed by atoms with Gasteiger partial charge in [0.05, 0.1) is 26.9 Å². The zero-order chi connectivity index (χ0) is 29.6. The van der Waals surface area contributed by atoms with Crippen LogP contribution in [0.1, 0.15) is 48.5 Å². The number of anilines is 1. The highest BCUT2D eigenvalue weighted by Crippen LogP contribution is 2.42. The van der Waals surface area contributed by atoms with Crippen molar-refractivity contribution in [3.05, 3.63) is 64.8 Å². The number of thiazole rings is 1. The number of carboxylic acids is 1. The number of hydrogen-bond acceptors (Lipinski definition) is 6. The van der Waals surface area contributed by atoms with Gasteiger partial charge in [0, 0.05) is 24.8 Å². The molecule has 1 N–H and O–H groups in total. The number of rotatable bonds is 11. The molecule has 0 atom stereocenters. The number of aliphatic carboxylic acids is 1. The third-order valence-electron chi connectivity index (χ3n) is 6.98. The van der Waals surface area contributed by atoms with Crippen molar-refractivity contribution in [2.24, 2.45) is 5.92 Å².